The van der Waals surface area contributed by atoms with Crippen LogP contribution in [0.4, 0.5) is 5.69 Å². The maximum atomic E-state index is 2.52. The standard InChI is InChI=1S/C35H28N2/c1-35-22-11-10-18-29(35)24-34(27-15-6-3-7-16-27)37(35)31-20-12-19-30(25-31)36-32-21-9-8-17-28(32)23-33(36)26-13-4-2-5-14-26/h2-25,29H,1H3. The third-order valence-corrected chi connectivity index (χ3v) is 7.79. The molecule has 0 fully saturated rings. The Hall–Kier alpha value is -4.56. The molecule has 0 saturated carbocycles. The second kappa shape index (κ2) is 8.53. The quantitative estimate of drug-likeness (QED) is 0.252. The lowest BCUT2D eigenvalue weighted by Gasteiger charge is -2.41. The number of hydrogen-bond donors (Lipinski definition) is 0. The van der Waals surface area contributed by atoms with Crippen molar-refractivity contribution >= 4 is 22.3 Å². The lowest BCUT2D eigenvalue weighted by atomic mass is 9.83. The Balaban J connectivity index is 1.42. The van der Waals surface area contributed by atoms with E-state index in [1.807, 2.05) is 0 Å². The van der Waals surface area contributed by atoms with E-state index in [9.17, 15) is 0 Å². The van der Waals surface area contributed by atoms with Crippen molar-refractivity contribution in [3.05, 3.63) is 151 Å². The third-order valence-electron chi connectivity index (χ3n) is 7.79. The lowest BCUT2D eigenvalue weighted by molar-refractivity contribution is 0.511. The van der Waals surface area contributed by atoms with Crippen LogP contribution in [0.2, 0.25) is 0 Å². The van der Waals surface area contributed by atoms with Crippen molar-refractivity contribution in [2.75, 3.05) is 4.90 Å². The van der Waals surface area contributed by atoms with Gasteiger partial charge in [0.25, 0.3) is 0 Å². The molecule has 0 radical (unpaired) electrons. The number of nitrogens with zero attached hydrogens (tertiary/aromatic N) is 2. The highest BCUT2D eigenvalue weighted by molar-refractivity contribution is 5.90. The fourth-order valence-corrected chi connectivity index (χ4v) is 5.97. The Morgan fingerprint density at radius 2 is 1.35 bits per heavy atom. The fraction of sp³-hybridized carbons (Fsp3) is 0.0857. The molecule has 0 spiro atoms. The van der Waals surface area contributed by atoms with Crippen LogP contribution < -0.4 is 4.90 Å². The number of para-hydroxylation sites is 1. The molecule has 178 valence electrons. The van der Waals surface area contributed by atoms with E-state index in [4.69, 9.17) is 0 Å². The van der Waals surface area contributed by atoms with Gasteiger partial charge in [0.1, 0.15) is 0 Å². The van der Waals surface area contributed by atoms with Crippen LogP contribution in [0.15, 0.2) is 146 Å². The van der Waals surface area contributed by atoms with Gasteiger partial charge in [-0.05, 0) is 48.4 Å². The van der Waals surface area contributed by atoms with Gasteiger partial charge in [-0.15, -0.1) is 0 Å². The minimum atomic E-state index is -0.167. The number of hydrogen-bond acceptors (Lipinski definition) is 1. The zero-order valence-corrected chi connectivity index (χ0v) is 20.8. The van der Waals surface area contributed by atoms with E-state index >= 15 is 0 Å². The molecule has 2 unspecified atom stereocenters. The van der Waals surface area contributed by atoms with Crippen molar-refractivity contribution in [2.24, 2.45) is 5.92 Å². The number of allylic oxidation sites excluding steroid dienone is 2. The Morgan fingerprint density at radius 1 is 0.649 bits per heavy atom. The minimum absolute atomic E-state index is 0.167. The van der Waals surface area contributed by atoms with Crippen LogP contribution in [0, 0.1) is 5.92 Å². The van der Waals surface area contributed by atoms with Gasteiger partial charge >= 0.3 is 0 Å². The molecule has 1 aliphatic heterocycles. The van der Waals surface area contributed by atoms with E-state index in [-0.39, 0.29) is 5.54 Å². The van der Waals surface area contributed by atoms with Gasteiger partial charge in [-0.25, -0.2) is 0 Å². The summed E-state index contributed by atoms with van der Waals surface area (Å²) in [5, 5.41) is 1.24. The van der Waals surface area contributed by atoms with Crippen LogP contribution in [0.5, 0.6) is 0 Å². The van der Waals surface area contributed by atoms with E-state index in [2.05, 4.69) is 162 Å². The summed E-state index contributed by atoms with van der Waals surface area (Å²) < 4.78 is 2.40. The van der Waals surface area contributed by atoms with E-state index in [0.29, 0.717) is 5.92 Å². The highest BCUT2D eigenvalue weighted by Gasteiger charge is 2.44. The Bertz CT molecular complexity index is 1690. The van der Waals surface area contributed by atoms with Crippen molar-refractivity contribution in [3.8, 4) is 16.9 Å². The molecule has 2 atom stereocenters. The maximum Gasteiger partial charge on any atom is 0.0706 e. The highest BCUT2D eigenvalue weighted by atomic mass is 15.2. The lowest BCUT2D eigenvalue weighted by Crippen LogP contribution is -2.44. The van der Waals surface area contributed by atoms with Crippen LogP contribution in [0.3, 0.4) is 0 Å². The van der Waals surface area contributed by atoms with Gasteiger partial charge in [0.15, 0.2) is 0 Å². The van der Waals surface area contributed by atoms with E-state index in [1.165, 1.54) is 39.1 Å². The monoisotopic (exact) mass is 476 g/mol. The zero-order chi connectivity index (χ0) is 24.8. The van der Waals surface area contributed by atoms with Gasteiger partial charge in [0.2, 0.25) is 0 Å². The number of anilines is 1. The molecule has 2 heterocycles. The van der Waals surface area contributed by atoms with E-state index in [0.717, 1.165) is 5.69 Å². The molecular weight excluding hydrogens is 448 g/mol. The molecule has 2 nitrogen and oxygen atoms in total. The molecule has 0 saturated heterocycles. The normalized spacial score (nSPS) is 20.3. The second-order valence-corrected chi connectivity index (χ2v) is 10.1. The van der Waals surface area contributed by atoms with Crippen molar-refractivity contribution < 1.29 is 0 Å². The molecule has 4 aromatic carbocycles. The highest BCUT2D eigenvalue weighted by Crippen LogP contribution is 2.47. The molecule has 2 aliphatic rings. The van der Waals surface area contributed by atoms with Crippen molar-refractivity contribution in [3.63, 3.8) is 0 Å². The minimum Gasteiger partial charge on any atom is -0.331 e. The van der Waals surface area contributed by atoms with Gasteiger partial charge in [-0.2, -0.15) is 0 Å². The number of rotatable bonds is 4. The first-order chi connectivity index (χ1) is 18.2. The second-order valence-electron chi connectivity index (χ2n) is 10.1. The predicted octanol–water partition coefficient (Wildman–Crippen LogP) is 8.66. The van der Waals surface area contributed by atoms with Crippen molar-refractivity contribution in [2.45, 2.75) is 12.5 Å². The zero-order valence-electron chi connectivity index (χ0n) is 20.8. The Labute approximate surface area is 218 Å². The van der Waals surface area contributed by atoms with Gasteiger partial charge in [-0.1, -0.05) is 115 Å². The first-order valence-electron chi connectivity index (χ1n) is 12.9. The Kier molecular flexibility index (Phi) is 5.00. The summed E-state index contributed by atoms with van der Waals surface area (Å²) in [6, 6.07) is 41.4. The number of aromatic nitrogens is 1. The molecule has 1 aliphatic carbocycles. The summed E-state index contributed by atoms with van der Waals surface area (Å²) in [6.07, 6.45) is 11.4. The third kappa shape index (κ3) is 3.48. The molecule has 5 aromatic rings. The van der Waals surface area contributed by atoms with Crippen LogP contribution in [-0.2, 0) is 0 Å². The molecule has 0 amide bonds. The SMILES string of the molecule is CC12C=CC=CC1C=C(c1ccccc1)N2c1cccc(-n2c(-c3ccccc3)cc3ccccc32)c1. The van der Waals surface area contributed by atoms with E-state index < -0.39 is 0 Å². The molecule has 0 bridgehead atoms. The topological polar surface area (TPSA) is 8.17 Å². The number of benzene rings is 4. The Morgan fingerprint density at radius 3 is 2.16 bits per heavy atom. The van der Waals surface area contributed by atoms with E-state index in [1.54, 1.807) is 0 Å². The average Bonchev–Trinajstić information content (AvgIpc) is 3.50. The molecule has 0 N–H and O–H groups in total. The number of fused-ring (bicyclic) bond motifs is 2. The molecule has 7 rings (SSSR count). The van der Waals surface area contributed by atoms with Crippen LogP contribution in [0.25, 0.3) is 33.5 Å². The summed E-state index contributed by atoms with van der Waals surface area (Å²) in [7, 11) is 0. The van der Waals surface area contributed by atoms with Gasteiger partial charge < -0.3 is 9.47 Å². The molecular formula is C35H28N2. The first-order valence-corrected chi connectivity index (χ1v) is 12.9. The average molecular weight is 477 g/mol. The predicted molar refractivity (Wildman–Crippen MR) is 156 cm³/mol. The van der Waals surface area contributed by atoms with Gasteiger partial charge in [-0.3, -0.25) is 0 Å². The largest absolute Gasteiger partial charge is 0.331 e. The van der Waals surface area contributed by atoms with Crippen molar-refractivity contribution in [1.82, 2.24) is 4.57 Å². The van der Waals surface area contributed by atoms with Crippen molar-refractivity contribution in [1.29, 1.82) is 0 Å². The summed E-state index contributed by atoms with van der Waals surface area (Å²) >= 11 is 0. The first kappa shape index (κ1) is 21.7. The smallest absolute Gasteiger partial charge is 0.0706 e. The summed E-state index contributed by atoms with van der Waals surface area (Å²) in [6.45, 7) is 2.34. The molecule has 1 aromatic heterocycles. The summed E-state index contributed by atoms with van der Waals surface area (Å²) in [5.74, 6) is 0.309. The van der Waals surface area contributed by atoms with Crippen LogP contribution in [0.1, 0.15) is 12.5 Å². The molecule has 2 heteroatoms. The van der Waals surface area contributed by atoms with Crippen LogP contribution in [-0.4, -0.2) is 10.1 Å². The van der Waals surface area contributed by atoms with Gasteiger partial charge in [0, 0.05) is 28.4 Å². The summed E-state index contributed by atoms with van der Waals surface area (Å²) in [4.78, 5) is 2.52. The fourth-order valence-electron chi connectivity index (χ4n) is 5.97. The van der Waals surface area contributed by atoms with Gasteiger partial charge in [0.05, 0.1) is 16.7 Å². The molecule has 37 heavy (non-hydrogen) atoms. The van der Waals surface area contributed by atoms with Crippen LogP contribution >= 0.6 is 0 Å². The maximum absolute atomic E-state index is 2.52. The summed E-state index contributed by atoms with van der Waals surface area (Å²) in [5.41, 5.74) is 8.29.